The molecule has 1 aromatic carbocycles. The molecule has 0 spiro atoms. The van der Waals surface area contributed by atoms with Gasteiger partial charge >= 0.3 is 0 Å². The largest absolute Gasteiger partial charge is 0.334 e. The zero-order valence-corrected chi connectivity index (χ0v) is 14.9. The molecule has 0 unspecified atom stereocenters. The lowest BCUT2D eigenvalue weighted by Gasteiger charge is -2.37. The summed E-state index contributed by atoms with van der Waals surface area (Å²) in [5, 5.41) is 11.3. The van der Waals surface area contributed by atoms with Gasteiger partial charge in [0.05, 0.1) is 17.5 Å². The van der Waals surface area contributed by atoms with Crippen LogP contribution in [0.1, 0.15) is 25.3 Å². The highest BCUT2D eigenvalue weighted by molar-refractivity contribution is 5.82. The van der Waals surface area contributed by atoms with E-state index in [-0.39, 0.29) is 28.6 Å². The van der Waals surface area contributed by atoms with Crippen molar-refractivity contribution in [3.05, 3.63) is 39.9 Å². The summed E-state index contributed by atoms with van der Waals surface area (Å²) in [6.45, 7) is 5.97. The Morgan fingerprint density at radius 3 is 2.52 bits per heavy atom. The summed E-state index contributed by atoms with van der Waals surface area (Å²) < 4.78 is 0. The zero-order valence-electron chi connectivity index (χ0n) is 14.9. The van der Waals surface area contributed by atoms with Gasteiger partial charge in [0, 0.05) is 43.9 Å². The second-order valence-corrected chi connectivity index (χ2v) is 7.10. The molecule has 0 aromatic heterocycles. The molecule has 136 valence electrons. The normalized spacial score (nSPS) is 20.2. The molecule has 3 rings (SSSR count). The SMILES string of the molecule is C[C@H](C(=O)N(Cc1ccccc1[N+](=O)[O-])C1CC1)N1CCN(C)CC1. The Kier molecular flexibility index (Phi) is 5.34. The Hall–Kier alpha value is -1.99. The molecule has 0 radical (unpaired) electrons. The van der Waals surface area contributed by atoms with Gasteiger partial charge in [0.25, 0.3) is 5.69 Å². The Bertz CT molecular complexity index is 639. The average molecular weight is 346 g/mol. The third-order valence-electron chi connectivity index (χ3n) is 5.24. The fraction of sp³-hybridized carbons (Fsp3) is 0.611. The zero-order chi connectivity index (χ0) is 18.0. The second kappa shape index (κ2) is 7.49. The number of carbonyl (C=O) groups excluding carboxylic acids is 1. The predicted molar refractivity (Wildman–Crippen MR) is 95.2 cm³/mol. The Labute approximate surface area is 148 Å². The van der Waals surface area contributed by atoms with Crippen molar-refractivity contribution in [2.75, 3.05) is 33.2 Å². The van der Waals surface area contributed by atoms with Crippen molar-refractivity contribution in [2.45, 2.75) is 38.4 Å². The molecule has 1 amide bonds. The first-order valence-corrected chi connectivity index (χ1v) is 8.92. The lowest BCUT2D eigenvalue weighted by Crippen LogP contribution is -2.54. The van der Waals surface area contributed by atoms with Crippen molar-refractivity contribution >= 4 is 11.6 Å². The Morgan fingerprint density at radius 2 is 1.92 bits per heavy atom. The first kappa shape index (κ1) is 17.8. The molecule has 1 heterocycles. The van der Waals surface area contributed by atoms with Crippen molar-refractivity contribution in [3.8, 4) is 0 Å². The van der Waals surface area contributed by atoms with Gasteiger partial charge in [-0.25, -0.2) is 0 Å². The molecular formula is C18H26N4O3. The van der Waals surface area contributed by atoms with Crippen LogP contribution in [0.3, 0.4) is 0 Å². The summed E-state index contributed by atoms with van der Waals surface area (Å²) in [6.07, 6.45) is 1.98. The van der Waals surface area contributed by atoms with E-state index in [1.165, 1.54) is 6.07 Å². The lowest BCUT2D eigenvalue weighted by atomic mass is 10.1. The van der Waals surface area contributed by atoms with Gasteiger partial charge in [0.2, 0.25) is 5.91 Å². The number of nitro groups is 1. The fourth-order valence-corrected chi connectivity index (χ4v) is 3.38. The van der Waals surface area contributed by atoms with Crippen LogP contribution in [-0.4, -0.2) is 70.8 Å². The van der Waals surface area contributed by atoms with Crippen molar-refractivity contribution in [1.29, 1.82) is 0 Å². The number of amides is 1. The van der Waals surface area contributed by atoms with Crippen LogP contribution >= 0.6 is 0 Å². The fourth-order valence-electron chi connectivity index (χ4n) is 3.38. The first-order chi connectivity index (χ1) is 12.0. The minimum absolute atomic E-state index is 0.0882. The van der Waals surface area contributed by atoms with Crippen molar-refractivity contribution in [2.24, 2.45) is 0 Å². The second-order valence-electron chi connectivity index (χ2n) is 7.10. The average Bonchev–Trinajstić information content (AvgIpc) is 3.44. The molecule has 25 heavy (non-hydrogen) atoms. The standard InChI is InChI=1S/C18H26N4O3/c1-14(20-11-9-19(2)10-12-20)18(23)21(16-7-8-16)13-15-5-3-4-6-17(15)22(24)25/h3-6,14,16H,7-13H2,1-2H3/t14-/m1/s1. The maximum Gasteiger partial charge on any atom is 0.274 e. The van der Waals surface area contributed by atoms with Gasteiger partial charge in [-0.15, -0.1) is 0 Å². The molecule has 1 aliphatic carbocycles. The molecular weight excluding hydrogens is 320 g/mol. The topological polar surface area (TPSA) is 69.9 Å². The summed E-state index contributed by atoms with van der Waals surface area (Å²) >= 11 is 0. The van der Waals surface area contributed by atoms with E-state index in [0.717, 1.165) is 39.0 Å². The maximum absolute atomic E-state index is 13.1. The highest BCUT2D eigenvalue weighted by atomic mass is 16.6. The minimum Gasteiger partial charge on any atom is -0.334 e. The summed E-state index contributed by atoms with van der Waals surface area (Å²) in [4.78, 5) is 30.3. The monoisotopic (exact) mass is 346 g/mol. The van der Waals surface area contributed by atoms with Crippen LogP contribution in [0.4, 0.5) is 5.69 Å². The molecule has 0 N–H and O–H groups in total. The number of hydrogen-bond donors (Lipinski definition) is 0. The van der Waals surface area contributed by atoms with Gasteiger partial charge in [-0.1, -0.05) is 18.2 Å². The van der Waals surface area contributed by atoms with E-state index in [4.69, 9.17) is 0 Å². The molecule has 1 saturated carbocycles. The van der Waals surface area contributed by atoms with Crippen LogP contribution in [0.15, 0.2) is 24.3 Å². The van der Waals surface area contributed by atoms with E-state index in [1.807, 2.05) is 11.8 Å². The molecule has 2 fully saturated rings. The van der Waals surface area contributed by atoms with Gasteiger partial charge in [0.15, 0.2) is 0 Å². The molecule has 7 heteroatoms. The molecule has 1 aromatic rings. The van der Waals surface area contributed by atoms with Crippen LogP contribution in [0.25, 0.3) is 0 Å². The van der Waals surface area contributed by atoms with E-state index < -0.39 is 0 Å². The molecule has 0 bridgehead atoms. The molecule has 2 aliphatic rings. The van der Waals surface area contributed by atoms with Gasteiger partial charge in [-0.05, 0) is 26.8 Å². The number of para-hydroxylation sites is 1. The number of nitro benzene ring substituents is 1. The summed E-state index contributed by atoms with van der Waals surface area (Å²) in [7, 11) is 2.09. The van der Waals surface area contributed by atoms with Crippen molar-refractivity contribution < 1.29 is 9.72 Å². The summed E-state index contributed by atoms with van der Waals surface area (Å²) in [6, 6.07) is 6.76. The number of benzene rings is 1. The van der Waals surface area contributed by atoms with Crippen LogP contribution in [0, 0.1) is 10.1 Å². The smallest absolute Gasteiger partial charge is 0.274 e. The highest BCUT2D eigenvalue weighted by Crippen LogP contribution is 2.31. The van der Waals surface area contributed by atoms with Gasteiger partial charge in [-0.3, -0.25) is 19.8 Å². The molecule has 1 aliphatic heterocycles. The summed E-state index contributed by atoms with van der Waals surface area (Å²) in [5.41, 5.74) is 0.700. The van der Waals surface area contributed by atoms with Crippen LogP contribution < -0.4 is 0 Å². The van der Waals surface area contributed by atoms with Crippen molar-refractivity contribution in [3.63, 3.8) is 0 Å². The maximum atomic E-state index is 13.1. The van der Waals surface area contributed by atoms with E-state index >= 15 is 0 Å². The van der Waals surface area contributed by atoms with Gasteiger partial charge in [-0.2, -0.15) is 0 Å². The van der Waals surface area contributed by atoms with E-state index in [0.29, 0.717) is 12.1 Å². The van der Waals surface area contributed by atoms with Crippen LogP contribution in [0.5, 0.6) is 0 Å². The number of nitrogens with zero attached hydrogens (tertiary/aromatic N) is 4. The first-order valence-electron chi connectivity index (χ1n) is 8.92. The number of hydrogen-bond acceptors (Lipinski definition) is 5. The van der Waals surface area contributed by atoms with E-state index in [9.17, 15) is 14.9 Å². The number of likely N-dealkylation sites (N-methyl/N-ethyl adjacent to an activating group) is 1. The van der Waals surface area contributed by atoms with E-state index in [1.54, 1.807) is 18.2 Å². The minimum atomic E-state index is -0.366. The third-order valence-corrected chi connectivity index (χ3v) is 5.24. The highest BCUT2D eigenvalue weighted by Gasteiger charge is 2.37. The summed E-state index contributed by atoms with van der Waals surface area (Å²) in [5.74, 6) is 0.0882. The van der Waals surface area contributed by atoms with Gasteiger partial charge < -0.3 is 9.80 Å². The Balaban J connectivity index is 1.73. The molecule has 1 atom stereocenters. The van der Waals surface area contributed by atoms with Gasteiger partial charge in [0.1, 0.15) is 0 Å². The molecule has 1 saturated heterocycles. The molecule has 7 nitrogen and oxygen atoms in total. The quantitative estimate of drug-likeness (QED) is 0.579. The predicted octanol–water partition coefficient (Wildman–Crippen LogP) is 1.72. The number of rotatable bonds is 6. The van der Waals surface area contributed by atoms with Crippen LogP contribution in [-0.2, 0) is 11.3 Å². The van der Waals surface area contributed by atoms with E-state index in [2.05, 4.69) is 16.8 Å². The van der Waals surface area contributed by atoms with Crippen molar-refractivity contribution in [1.82, 2.24) is 14.7 Å². The third kappa shape index (κ3) is 4.16. The number of piperazine rings is 1. The van der Waals surface area contributed by atoms with Crippen LogP contribution in [0.2, 0.25) is 0 Å². The Morgan fingerprint density at radius 1 is 1.28 bits per heavy atom. The number of carbonyl (C=O) groups is 1. The lowest BCUT2D eigenvalue weighted by molar-refractivity contribution is -0.385.